The molecule has 0 fully saturated rings. The number of sulfonamides is 1. The summed E-state index contributed by atoms with van der Waals surface area (Å²) >= 11 is 2.59. The van der Waals surface area contributed by atoms with Gasteiger partial charge in [-0.1, -0.05) is 0 Å². The molecule has 0 bridgehead atoms. The first-order valence-electron chi connectivity index (χ1n) is 3.89. The fraction of sp³-hybridized carbons (Fsp3) is 0. The van der Waals surface area contributed by atoms with Crippen LogP contribution in [0.1, 0.15) is 10.4 Å². The average Bonchev–Trinajstić information content (AvgIpc) is 2.40. The Kier molecular flexibility index (Phi) is 2.24. The van der Waals surface area contributed by atoms with Crippen LogP contribution in [0.25, 0.3) is 0 Å². The van der Waals surface area contributed by atoms with Crippen LogP contribution in [0.3, 0.4) is 0 Å². The number of nitrogens with zero attached hydrogens (tertiary/aromatic N) is 2. The number of hydrogen-bond donors (Lipinski definition) is 0. The summed E-state index contributed by atoms with van der Waals surface area (Å²) in [5.74, 6) is -0.835. The van der Waals surface area contributed by atoms with E-state index in [1.54, 1.807) is 0 Å². The van der Waals surface area contributed by atoms with Gasteiger partial charge >= 0.3 is 0 Å². The van der Waals surface area contributed by atoms with Crippen LogP contribution in [0.2, 0.25) is 0 Å². The average molecular weight is 307 g/mol. The van der Waals surface area contributed by atoms with Gasteiger partial charge in [-0.15, -0.1) is 0 Å². The number of carbonyl (C=O) groups is 1. The number of benzene rings is 1. The molecule has 0 saturated carbocycles. The molecule has 1 aliphatic heterocycles. The fourth-order valence-corrected chi connectivity index (χ4v) is 3.13. The summed E-state index contributed by atoms with van der Waals surface area (Å²) in [7, 11) is -3.90. The summed E-state index contributed by atoms with van der Waals surface area (Å²) in [4.78, 5) is 21.0. The summed E-state index contributed by atoms with van der Waals surface area (Å²) in [6, 6.07) is 3.02. The van der Waals surface area contributed by atoms with Gasteiger partial charge in [-0.25, -0.2) is 8.42 Å². The molecule has 0 unspecified atom stereocenters. The zero-order valence-corrected chi connectivity index (χ0v) is 9.86. The summed E-state index contributed by atoms with van der Waals surface area (Å²) < 4.78 is 23.5. The van der Waals surface area contributed by atoms with E-state index in [1.165, 1.54) is 0 Å². The number of halogens is 1. The molecule has 0 aromatic heterocycles. The second-order valence-corrected chi connectivity index (χ2v) is 5.90. The molecule has 1 amide bonds. The van der Waals surface area contributed by atoms with Crippen molar-refractivity contribution in [2.24, 2.45) is 0 Å². The van der Waals surface area contributed by atoms with E-state index in [-0.39, 0.29) is 16.1 Å². The molecule has 84 valence electrons. The molecule has 1 aromatic rings. The van der Waals surface area contributed by atoms with Gasteiger partial charge in [0.2, 0.25) is 0 Å². The summed E-state index contributed by atoms with van der Waals surface area (Å²) in [5.41, 5.74) is -0.531. The lowest BCUT2D eigenvalue weighted by Crippen LogP contribution is -2.18. The molecule has 0 atom stereocenters. The Balaban J connectivity index is 2.74. The van der Waals surface area contributed by atoms with Gasteiger partial charge in [0, 0.05) is 12.1 Å². The van der Waals surface area contributed by atoms with Crippen molar-refractivity contribution in [2.75, 3.05) is 0 Å². The third-order valence-corrected chi connectivity index (χ3v) is 5.02. The third kappa shape index (κ3) is 1.32. The van der Waals surface area contributed by atoms with Gasteiger partial charge in [0.1, 0.15) is 4.90 Å². The summed E-state index contributed by atoms with van der Waals surface area (Å²) in [6.07, 6.45) is 0. The van der Waals surface area contributed by atoms with Crippen molar-refractivity contribution in [1.29, 1.82) is 0 Å². The molecule has 9 heteroatoms. The van der Waals surface area contributed by atoms with E-state index in [9.17, 15) is 23.3 Å². The largest absolute Gasteiger partial charge is 0.279 e. The van der Waals surface area contributed by atoms with E-state index in [2.05, 4.69) is 16.1 Å². The Labute approximate surface area is 98.2 Å². The van der Waals surface area contributed by atoms with E-state index >= 15 is 0 Å². The number of rotatable bonds is 1. The van der Waals surface area contributed by atoms with Gasteiger partial charge in [0.15, 0.2) is 0 Å². The molecule has 1 aliphatic rings. The second kappa shape index (κ2) is 3.25. The van der Waals surface area contributed by atoms with Gasteiger partial charge in [-0.05, 0) is 6.07 Å². The van der Waals surface area contributed by atoms with Crippen LogP contribution in [0, 0.1) is 10.1 Å². The highest BCUT2D eigenvalue weighted by Crippen LogP contribution is 2.34. The Morgan fingerprint density at radius 2 is 2.00 bits per heavy atom. The van der Waals surface area contributed by atoms with E-state index in [0.29, 0.717) is 3.33 Å². The zero-order valence-electron chi connectivity index (χ0n) is 7.45. The molecule has 0 aliphatic carbocycles. The summed E-state index contributed by atoms with van der Waals surface area (Å²) in [6.45, 7) is 0. The molecule has 1 heterocycles. The van der Waals surface area contributed by atoms with Gasteiger partial charge in [0.05, 0.1) is 26.6 Å². The first-order valence-corrected chi connectivity index (χ1v) is 6.04. The second-order valence-electron chi connectivity index (χ2n) is 2.96. The van der Waals surface area contributed by atoms with Crippen LogP contribution in [-0.4, -0.2) is 22.6 Å². The highest BCUT2D eigenvalue weighted by molar-refractivity contribution is 9.09. The normalized spacial score (nSPS) is 17.3. The van der Waals surface area contributed by atoms with Crippen LogP contribution in [0.15, 0.2) is 23.1 Å². The van der Waals surface area contributed by atoms with Crippen LogP contribution >= 0.6 is 16.1 Å². The predicted molar refractivity (Wildman–Crippen MR) is 55.4 cm³/mol. The first kappa shape index (κ1) is 11.0. The van der Waals surface area contributed by atoms with Gasteiger partial charge in [-0.3, -0.25) is 14.9 Å². The van der Waals surface area contributed by atoms with Crippen molar-refractivity contribution in [2.45, 2.75) is 4.90 Å². The van der Waals surface area contributed by atoms with Crippen LogP contribution in [0.5, 0.6) is 0 Å². The zero-order chi connectivity index (χ0) is 12.1. The quantitative estimate of drug-likeness (QED) is 0.439. The van der Waals surface area contributed by atoms with Gasteiger partial charge in [-0.2, -0.15) is 3.33 Å². The maximum atomic E-state index is 11.6. The number of nitro benzene ring substituents is 1. The molecule has 0 N–H and O–H groups in total. The van der Waals surface area contributed by atoms with Crippen molar-refractivity contribution in [3.05, 3.63) is 33.9 Å². The van der Waals surface area contributed by atoms with Crippen LogP contribution < -0.4 is 0 Å². The first-order chi connectivity index (χ1) is 7.35. The molecule has 16 heavy (non-hydrogen) atoms. The number of amides is 1. The van der Waals surface area contributed by atoms with Gasteiger partial charge < -0.3 is 0 Å². The van der Waals surface area contributed by atoms with E-state index in [4.69, 9.17) is 0 Å². The lowest BCUT2D eigenvalue weighted by Gasteiger charge is -2.01. The lowest BCUT2D eigenvalue weighted by atomic mass is 10.2. The molecule has 7 nitrogen and oxygen atoms in total. The topological polar surface area (TPSA) is 97.6 Å². The van der Waals surface area contributed by atoms with E-state index in [0.717, 1.165) is 18.2 Å². The van der Waals surface area contributed by atoms with E-state index < -0.39 is 20.9 Å². The third-order valence-electron chi connectivity index (χ3n) is 2.05. The maximum absolute atomic E-state index is 11.6. The molecule has 0 radical (unpaired) electrons. The number of non-ortho nitro benzene ring substituents is 1. The monoisotopic (exact) mass is 306 g/mol. The highest BCUT2D eigenvalue weighted by atomic mass is 79.9. The summed E-state index contributed by atoms with van der Waals surface area (Å²) in [5, 5.41) is 10.5. The molecule has 0 saturated heterocycles. The van der Waals surface area contributed by atoms with Crippen LogP contribution in [0.4, 0.5) is 5.69 Å². The number of nitro groups is 1. The minimum atomic E-state index is -3.90. The van der Waals surface area contributed by atoms with Crippen molar-refractivity contribution >= 4 is 37.8 Å². The Hall–Kier alpha value is -1.48. The smallest absolute Gasteiger partial charge is 0.267 e. The maximum Gasteiger partial charge on any atom is 0.279 e. The van der Waals surface area contributed by atoms with Crippen molar-refractivity contribution in [3.8, 4) is 0 Å². The number of hydrogen-bond acceptors (Lipinski definition) is 5. The Morgan fingerprint density at radius 3 is 2.56 bits per heavy atom. The van der Waals surface area contributed by atoms with Crippen molar-refractivity contribution in [3.63, 3.8) is 0 Å². The minimum Gasteiger partial charge on any atom is -0.267 e. The number of fused-ring (bicyclic) bond motifs is 1. The van der Waals surface area contributed by atoms with Crippen molar-refractivity contribution < 1.29 is 18.1 Å². The van der Waals surface area contributed by atoms with E-state index in [1.807, 2.05) is 0 Å². The molecule has 2 rings (SSSR count). The number of carbonyl (C=O) groups excluding carboxylic acids is 1. The molecule has 1 aromatic carbocycles. The molecular formula is C7H3BrN2O5S. The Morgan fingerprint density at radius 1 is 1.38 bits per heavy atom. The molecule has 0 spiro atoms. The predicted octanol–water partition coefficient (Wildman–Crippen LogP) is 1.05. The van der Waals surface area contributed by atoms with Crippen LogP contribution in [-0.2, 0) is 10.0 Å². The minimum absolute atomic E-state index is 0.203. The SMILES string of the molecule is O=C1c2cc([N+](=O)[O-])ccc2S(=O)(=O)N1Br. The van der Waals surface area contributed by atoms with Gasteiger partial charge in [0.25, 0.3) is 21.6 Å². The highest BCUT2D eigenvalue weighted by Gasteiger charge is 2.41. The molecular weight excluding hydrogens is 304 g/mol. The Bertz CT molecular complexity index is 611. The lowest BCUT2D eigenvalue weighted by molar-refractivity contribution is -0.384. The standard InChI is InChI=1S/C7H3BrN2O5S/c8-9-7(11)5-3-4(10(12)13)1-2-6(5)16(9,14)15/h1-3H. The fourth-order valence-electron chi connectivity index (χ4n) is 1.31. The van der Waals surface area contributed by atoms with Crippen molar-refractivity contribution in [1.82, 2.24) is 3.33 Å².